The fraction of sp³-hybridized carbons (Fsp3) is 0.190. The summed E-state index contributed by atoms with van der Waals surface area (Å²) in [7, 11) is -2.15. The molecule has 0 radical (unpaired) electrons. The van der Waals surface area contributed by atoms with E-state index in [1.54, 1.807) is 19.2 Å². The minimum absolute atomic E-state index is 0.0490. The van der Waals surface area contributed by atoms with Crippen LogP contribution >= 0.6 is 0 Å². The fourth-order valence-electron chi connectivity index (χ4n) is 2.76. The number of carbonyl (C=O) groups excluding carboxylic acids is 1. The van der Waals surface area contributed by atoms with Crippen LogP contribution in [0.1, 0.15) is 27.7 Å². The van der Waals surface area contributed by atoms with E-state index in [4.69, 9.17) is 9.15 Å². The van der Waals surface area contributed by atoms with E-state index in [2.05, 4.69) is 10.0 Å². The Hall–Kier alpha value is -2.94. The van der Waals surface area contributed by atoms with Gasteiger partial charge in [0.25, 0.3) is 5.91 Å². The molecule has 0 fully saturated rings. The standard InChI is InChI=1S/C21H22N2O5S/c1-27-15-20(16-6-3-2-4-7-16)23-21(24)17-9-11-19(12-10-17)29(25,26)22-14-18-8-5-13-28-18/h2-13,20,22H,14-15H2,1H3,(H,23,24)/t20-/m0/s1. The van der Waals surface area contributed by atoms with Crippen molar-refractivity contribution in [2.45, 2.75) is 17.5 Å². The summed E-state index contributed by atoms with van der Waals surface area (Å²) in [6, 6.07) is 18.3. The number of methoxy groups -OCH3 is 1. The molecule has 1 aromatic heterocycles. The molecule has 3 aromatic rings. The molecule has 152 valence electrons. The predicted molar refractivity (Wildman–Crippen MR) is 108 cm³/mol. The van der Waals surface area contributed by atoms with Crippen molar-refractivity contribution in [2.75, 3.05) is 13.7 Å². The van der Waals surface area contributed by atoms with Gasteiger partial charge < -0.3 is 14.5 Å². The van der Waals surface area contributed by atoms with Gasteiger partial charge in [0, 0.05) is 12.7 Å². The van der Waals surface area contributed by atoms with Crippen molar-refractivity contribution in [3.05, 3.63) is 89.9 Å². The van der Waals surface area contributed by atoms with Crippen molar-refractivity contribution in [1.29, 1.82) is 0 Å². The second-order valence-electron chi connectivity index (χ2n) is 6.32. The molecule has 7 nitrogen and oxygen atoms in total. The van der Waals surface area contributed by atoms with Gasteiger partial charge in [-0.3, -0.25) is 4.79 Å². The number of hydrogen-bond donors (Lipinski definition) is 2. The van der Waals surface area contributed by atoms with Crippen LogP contribution in [0.2, 0.25) is 0 Å². The van der Waals surface area contributed by atoms with Gasteiger partial charge in [0.15, 0.2) is 0 Å². The van der Waals surface area contributed by atoms with Crippen molar-refractivity contribution in [2.24, 2.45) is 0 Å². The summed E-state index contributed by atoms with van der Waals surface area (Å²) in [5.74, 6) is 0.193. The van der Waals surface area contributed by atoms with Gasteiger partial charge >= 0.3 is 0 Å². The number of benzene rings is 2. The van der Waals surface area contributed by atoms with Gasteiger partial charge in [-0.1, -0.05) is 30.3 Å². The highest BCUT2D eigenvalue weighted by atomic mass is 32.2. The fourth-order valence-corrected chi connectivity index (χ4v) is 3.76. The Bertz CT molecular complexity index is 1020. The van der Waals surface area contributed by atoms with E-state index in [9.17, 15) is 13.2 Å². The average Bonchev–Trinajstić information content (AvgIpc) is 3.26. The molecular weight excluding hydrogens is 392 g/mol. The first-order valence-corrected chi connectivity index (χ1v) is 10.4. The molecule has 2 N–H and O–H groups in total. The highest BCUT2D eigenvalue weighted by molar-refractivity contribution is 7.89. The van der Waals surface area contributed by atoms with E-state index in [0.29, 0.717) is 17.9 Å². The van der Waals surface area contributed by atoms with E-state index in [1.807, 2.05) is 30.3 Å². The highest BCUT2D eigenvalue weighted by Crippen LogP contribution is 2.16. The molecule has 0 saturated heterocycles. The summed E-state index contributed by atoms with van der Waals surface area (Å²) >= 11 is 0. The molecule has 0 aliphatic carbocycles. The number of ether oxygens (including phenoxy) is 1. The first-order valence-electron chi connectivity index (χ1n) is 8.96. The van der Waals surface area contributed by atoms with Crippen LogP contribution < -0.4 is 10.0 Å². The van der Waals surface area contributed by atoms with Crippen molar-refractivity contribution in [1.82, 2.24) is 10.0 Å². The predicted octanol–water partition coefficient (Wildman–Crippen LogP) is 2.88. The molecular formula is C21H22N2O5S. The molecule has 8 heteroatoms. The molecule has 0 unspecified atom stereocenters. The Labute approximate surface area is 169 Å². The summed E-state index contributed by atoms with van der Waals surface area (Å²) < 4.78 is 37.6. The van der Waals surface area contributed by atoms with Crippen LogP contribution in [0.3, 0.4) is 0 Å². The number of carbonyl (C=O) groups is 1. The smallest absolute Gasteiger partial charge is 0.251 e. The third kappa shape index (κ3) is 5.54. The van der Waals surface area contributed by atoms with Gasteiger partial charge in [-0.15, -0.1) is 0 Å². The van der Waals surface area contributed by atoms with Crippen LogP contribution in [0.25, 0.3) is 0 Å². The lowest BCUT2D eigenvalue weighted by atomic mass is 10.1. The number of rotatable bonds is 9. The molecule has 0 aliphatic rings. The van der Waals surface area contributed by atoms with Crippen LogP contribution in [0.5, 0.6) is 0 Å². The molecule has 0 aliphatic heterocycles. The Balaban J connectivity index is 1.67. The number of nitrogens with one attached hydrogen (secondary N) is 2. The van der Waals surface area contributed by atoms with E-state index in [1.165, 1.54) is 30.5 Å². The summed E-state index contributed by atoms with van der Waals surface area (Å²) in [6.07, 6.45) is 1.48. The maximum Gasteiger partial charge on any atom is 0.251 e. The molecule has 1 atom stereocenters. The topological polar surface area (TPSA) is 97.6 Å². The Morgan fingerprint density at radius 3 is 2.38 bits per heavy atom. The second kappa shape index (κ2) is 9.51. The van der Waals surface area contributed by atoms with Crippen LogP contribution in [0.15, 0.2) is 82.3 Å². The Kier molecular flexibility index (Phi) is 6.82. The van der Waals surface area contributed by atoms with Crippen LogP contribution in [0.4, 0.5) is 0 Å². The maximum atomic E-state index is 12.6. The molecule has 1 heterocycles. The third-order valence-electron chi connectivity index (χ3n) is 4.28. The van der Waals surface area contributed by atoms with E-state index >= 15 is 0 Å². The van der Waals surface area contributed by atoms with E-state index < -0.39 is 10.0 Å². The van der Waals surface area contributed by atoms with Gasteiger partial charge in [-0.2, -0.15) is 0 Å². The van der Waals surface area contributed by atoms with Crippen LogP contribution in [-0.2, 0) is 21.3 Å². The minimum atomic E-state index is -3.72. The zero-order valence-corrected chi connectivity index (χ0v) is 16.7. The number of amides is 1. The number of furan rings is 1. The minimum Gasteiger partial charge on any atom is -0.468 e. The van der Waals surface area contributed by atoms with Gasteiger partial charge in [-0.05, 0) is 42.0 Å². The summed E-state index contributed by atoms with van der Waals surface area (Å²) in [5.41, 5.74) is 1.27. The molecule has 0 bridgehead atoms. The van der Waals surface area contributed by atoms with Crippen LogP contribution in [0, 0.1) is 0 Å². The molecule has 3 rings (SSSR count). The summed E-state index contributed by atoms with van der Waals surface area (Å²) in [4.78, 5) is 12.7. The zero-order valence-electron chi connectivity index (χ0n) is 15.9. The van der Waals surface area contributed by atoms with E-state index in [0.717, 1.165) is 5.56 Å². The summed E-state index contributed by atoms with van der Waals surface area (Å²) in [5, 5.41) is 2.91. The quantitative estimate of drug-likeness (QED) is 0.561. The SMILES string of the molecule is COC[C@H](NC(=O)c1ccc(S(=O)(=O)NCc2ccco2)cc1)c1ccccc1. The van der Waals surface area contributed by atoms with Gasteiger partial charge in [-0.25, -0.2) is 13.1 Å². The zero-order chi connectivity index (χ0) is 20.7. The van der Waals surface area contributed by atoms with Gasteiger partial charge in [0.05, 0.1) is 30.4 Å². The lowest BCUT2D eigenvalue weighted by molar-refractivity contribution is 0.0896. The van der Waals surface area contributed by atoms with Crippen LogP contribution in [-0.4, -0.2) is 28.0 Å². The Morgan fingerprint density at radius 1 is 1.03 bits per heavy atom. The van der Waals surface area contributed by atoms with Crippen molar-refractivity contribution < 1.29 is 22.4 Å². The molecule has 2 aromatic carbocycles. The second-order valence-corrected chi connectivity index (χ2v) is 8.09. The van der Waals surface area contributed by atoms with E-state index in [-0.39, 0.29) is 23.4 Å². The largest absolute Gasteiger partial charge is 0.468 e. The summed E-state index contributed by atoms with van der Waals surface area (Å²) in [6.45, 7) is 0.367. The molecule has 29 heavy (non-hydrogen) atoms. The average molecular weight is 414 g/mol. The lowest BCUT2D eigenvalue weighted by Crippen LogP contribution is -2.31. The van der Waals surface area contributed by atoms with Crippen molar-refractivity contribution in [3.63, 3.8) is 0 Å². The van der Waals surface area contributed by atoms with Crippen molar-refractivity contribution in [3.8, 4) is 0 Å². The molecule has 0 saturated carbocycles. The van der Waals surface area contributed by atoms with Crippen molar-refractivity contribution >= 4 is 15.9 Å². The monoisotopic (exact) mass is 414 g/mol. The van der Waals surface area contributed by atoms with Gasteiger partial charge in [0.2, 0.25) is 10.0 Å². The molecule has 1 amide bonds. The first-order chi connectivity index (χ1) is 14.0. The lowest BCUT2D eigenvalue weighted by Gasteiger charge is -2.18. The highest BCUT2D eigenvalue weighted by Gasteiger charge is 2.18. The number of hydrogen-bond acceptors (Lipinski definition) is 5. The first kappa shape index (κ1) is 20.8. The third-order valence-corrected chi connectivity index (χ3v) is 5.70. The Morgan fingerprint density at radius 2 is 1.76 bits per heavy atom. The number of sulfonamides is 1. The van der Waals surface area contributed by atoms with Gasteiger partial charge in [0.1, 0.15) is 5.76 Å². The normalized spacial score (nSPS) is 12.4. The molecule has 0 spiro atoms. The maximum absolute atomic E-state index is 12.6.